The van der Waals surface area contributed by atoms with E-state index in [2.05, 4.69) is 11.4 Å². The summed E-state index contributed by atoms with van der Waals surface area (Å²) in [6.45, 7) is 2.09. The van der Waals surface area contributed by atoms with Crippen molar-refractivity contribution in [3.63, 3.8) is 0 Å². The van der Waals surface area contributed by atoms with Crippen molar-refractivity contribution < 1.29 is 14.6 Å². The Hall–Kier alpha value is -2.57. The third-order valence-electron chi connectivity index (χ3n) is 5.29. The molecular weight excluding hydrogens is 342 g/mol. The van der Waals surface area contributed by atoms with Crippen molar-refractivity contribution in [2.75, 3.05) is 27.3 Å². The minimum atomic E-state index is -0.748. The van der Waals surface area contributed by atoms with Crippen LogP contribution in [0.15, 0.2) is 53.2 Å². The van der Waals surface area contributed by atoms with Gasteiger partial charge in [-0.2, -0.15) is 0 Å². The lowest BCUT2D eigenvalue weighted by Gasteiger charge is -2.34. The molecule has 3 aliphatic heterocycles. The molecule has 0 spiro atoms. The average Bonchev–Trinajstić information content (AvgIpc) is 2.73. The van der Waals surface area contributed by atoms with Crippen molar-refractivity contribution in [3.8, 4) is 11.5 Å². The van der Waals surface area contributed by atoms with E-state index >= 15 is 0 Å². The summed E-state index contributed by atoms with van der Waals surface area (Å²) in [5.41, 5.74) is 2.86. The maximum atomic E-state index is 10.7. The molecule has 0 radical (unpaired) electrons. The highest BCUT2D eigenvalue weighted by Crippen LogP contribution is 2.34. The smallest absolute Gasteiger partial charge is 0.161 e. The summed E-state index contributed by atoms with van der Waals surface area (Å²) in [5.74, 6) is 2.58. The van der Waals surface area contributed by atoms with E-state index in [0.717, 1.165) is 43.0 Å². The topological polar surface area (TPSA) is 66.3 Å². The number of hydrogen-bond donors (Lipinski definition) is 2. The van der Waals surface area contributed by atoms with Crippen LogP contribution in [0.1, 0.15) is 18.4 Å². The third kappa shape index (κ3) is 3.50. The molecule has 2 N–H and O–H groups in total. The molecule has 0 amide bonds. The lowest BCUT2D eigenvalue weighted by Crippen LogP contribution is -2.39. The van der Waals surface area contributed by atoms with E-state index in [0.29, 0.717) is 17.4 Å². The fourth-order valence-corrected chi connectivity index (χ4v) is 3.77. The molecule has 1 unspecified atom stereocenters. The predicted molar refractivity (Wildman–Crippen MR) is 106 cm³/mol. The Morgan fingerprint density at radius 1 is 1.11 bits per heavy atom. The van der Waals surface area contributed by atoms with Gasteiger partial charge in [0.25, 0.3) is 0 Å². The SMILES string of the molecule is COc1ccc(C2=CC(O)N3C=C(C4CCNCC4)C=CC3=N2)cc1OC. The standard InChI is InChI=1S/C21H25N3O3/c1-26-18-5-3-15(11-19(18)27-2)17-12-21(25)24-13-16(4-6-20(24)23-17)14-7-9-22-10-8-14/h3-6,11-14,21-22,25H,7-10H2,1-2H3. The van der Waals surface area contributed by atoms with Crippen molar-refractivity contribution in [2.24, 2.45) is 10.9 Å². The maximum absolute atomic E-state index is 10.7. The number of amidine groups is 1. The minimum absolute atomic E-state index is 0.535. The number of ether oxygens (including phenoxy) is 2. The molecule has 27 heavy (non-hydrogen) atoms. The fraction of sp³-hybridized carbons (Fsp3) is 0.381. The van der Waals surface area contributed by atoms with Gasteiger partial charge < -0.3 is 24.8 Å². The van der Waals surface area contributed by atoms with Crippen molar-refractivity contribution in [1.82, 2.24) is 10.2 Å². The highest BCUT2D eigenvalue weighted by molar-refractivity contribution is 6.00. The number of allylic oxidation sites excluding steroid dienone is 2. The van der Waals surface area contributed by atoms with Crippen LogP contribution in [-0.4, -0.2) is 49.4 Å². The summed E-state index contributed by atoms with van der Waals surface area (Å²) in [6.07, 6.45) is 9.44. The molecule has 0 bridgehead atoms. The van der Waals surface area contributed by atoms with Gasteiger partial charge in [-0.15, -0.1) is 0 Å². The Kier molecular flexibility index (Phi) is 5.01. The van der Waals surface area contributed by atoms with Gasteiger partial charge in [0.05, 0.1) is 19.9 Å². The molecule has 1 atom stereocenters. The van der Waals surface area contributed by atoms with Crippen LogP contribution >= 0.6 is 0 Å². The van der Waals surface area contributed by atoms with Crippen LogP contribution in [0.5, 0.6) is 11.5 Å². The normalized spacial score (nSPS) is 22.6. The number of aliphatic hydroxyl groups excluding tert-OH is 1. The Morgan fingerprint density at radius 3 is 2.63 bits per heavy atom. The molecular formula is C21H25N3O3. The van der Waals surface area contributed by atoms with E-state index in [1.54, 1.807) is 20.3 Å². The summed E-state index contributed by atoms with van der Waals surface area (Å²) in [6, 6.07) is 5.64. The first kappa shape index (κ1) is 17.8. The van der Waals surface area contributed by atoms with Crippen molar-refractivity contribution in [3.05, 3.63) is 53.8 Å². The lowest BCUT2D eigenvalue weighted by molar-refractivity contribution is 0.126. The number of rotatable bonds is 4. The van der Waals surface area contributed by atoms with Gasteiger partial charge in [0.2, 0.25) is 0 Å². The third-order valence-corrected chi connectivity index (χ3v) is 5.29. The summed E-state index contributed by atoms with van der Waals surface area (Å²) in [5, 5.41) is 14.1. The van der Waals surface area contributed by atoms with Gasteiger partial charge in [-0.25, -0.2) is 4.99 Å². The summed E-state index contributed by atoms with van der Waals surface area (Å²) < 4.78 is 10.7. The Labute approximate surface area is 159 Å². The van der Waals surface area contributed by atoms with Gasteiger partial charge in [-0.1, -0.05) is 6.08 Å². The Bertz CT molecular complexity index is 835. The van der Waals surface area contributed by atoms with Crippen molar-refractivity contribution in [2.45, 2.75) is 19.1 Å². The molecule has 3 aliphatic rings. The van der Waals surface area contributed by atoms with Crippen LogP contribution in [0.25, 0.3) is 5.70 Å². The number of nitrogens with one attached hydrogen (secondary N) is 1. The number of benzene rings is 1. The first-order valence-corrected chi connectivity index (χ1v) is 9.29. The van der Waals surface area contributed by atoms with Crippen LogP contribution in [0.4, 0.5) is 0 Å². The molecule has 3 heterocycles. The maximum Gasteiger partial charge on any atom is 0.161 e. The molecule has 6 nitrogen and oxygen atoms in total. The Balaban J connectivity index is 1.59. The minimum Gasteiger partial charge on any atom is -0.493 e. The van der Waals surface area contributed by atoms with Gasteiger partial charge >= 0.3 is 0 Å². The van der Waals surface area contributed by atoms with Crippen LogP contribution < -0.4 is 14.8 Å². The van der Waals surface area contributed by atoms with E-state index in [9.17, 15) is 5.11 Å². The van der Waals surface area contributed by atoms with Gasteiger partial charge in [-0.05, 0) is 67.8 Å². The second-order valence-corrected chi connectivity index (χ2v) is 6.90. The van der Waals surface area contributed by atoms with E-state index in [4.69, 9.17) is 14.5 Å². The Morgan fingerprint density at radius 2 is 1.89 bits per heavy atom. The molecule has 0 saturated carbocycles. The van der Waals surface area contributed by atoms with Crippen LogP contribution in [0.3, 0.4) is 0 Å². The van der Waals surface area contributed by atoms with Crippen molar-refractivity contribution >= 4 is 11.5 Å². The molecule has 6 heteroatoms. The van der Waals surface area contributed by atoms with Crippen LogP contribution in [0.2, 0.25) is 0 Å². The first-order valence-electron chi connectivity index (χ1n) is 9.29. The number of nitrogens with zero attached hydrogens (tertiary/aromatic N) is 2. The van der Waals surface area contributed by atoms with Gasteiger partial charge in [0.1, 0.15) is 5.84 Å². The van der Waals surface area contributed by atoms with Crippen LogP contribution in [-0.2, 0) is 0 Å². The zero-order valence-electron chi connectivity index (χ0n) is 15.7. The summed E-state index contributed by atoms with van der Waals surface area (Å²) in [4.78, 5) is 6.57. The highest BCUT2D eigenvalue weighted by Gasteiger charge is 2.26. The van der Waals surface area contributed by atoms with E-state index in [1.165, 1.54) is 5.57 Å². The number of methoxy groups -OCH3 is 2. The van der Waals surface area contributed by atoms with Gasteiger partial charge in [-0.3, -0.25) is 0 Å². The number of aliphatic hydroxyl groups is 1. The second-order valence-electron chi connectivity index (χ2n) is 6.90. The summed E-state index contributed by atoms with van der Waals surface area (Å²) >= 11 is 0. The van der Waals surface area contributed by atoms with Gasteiger partial charge in [0, 0.05) is 11.8 Å². The summed E-state index contributed by atoms with van der Waals surface area (Å²) in [7, 11) is 3.22. The molecule has 4 rings (SSSR count). The molecule has 1 fully saturated rings. The first-order chi connectivity index (χ1) is 13.2. The van der Waals surface area contributed by atoms with Gasteiger partial charge in [0.15, 0.2) is 17.7 Å². The largest absolute Gasteiger partial charge is 0.493 e. The zero-order valence-corrected chi connectivity index (χ0v) is 15.7. The zero-order chi connectivity index (χ0) is 18.8. The quantitative estimate of drug-likeness (QED) is 0.856. The highest BCUT2D eigenvalue weighted by atomic mass is 16.5. The molecule has 142 valence electrons. The molecule has 0 aromatic heterocycles. The molecule has 1 saturated heterocycles. The number of hydrogen-bond acceptors (Lipinski definition) is 6. The van der Waals surface area contributed by atoms with E-state index in [-0.39, 0.29) is 0 Å². The lowest BCUT2D eigenvalue weighted by atomic mass is 9.89. The second kappa shape index (κ2) is 7.58. The van der Waals surface area contributed by atoms with E-state index in [1.807, 2.05) is 35.4 Å². The van der Waals surface area contributed by atoms with Crippen molar-refractivity contribution in [1.29, 1.82) is 0 Å². The number of fused-ring (bicyclic) bond motifs is 1. The fourth-order valence-electron chi connectivity index (χ4n) is 3.77. The molecule has 0 aliphatic carbocycles. The number of piperidine rings is 1. The average molecular weight is 367 g/mol. The molecule has 1 aromatic rings. The van der Waals surface area contributed by atoms with E-state index < -0.39 is 6.23 Å². The predicted octanol–water partition coefficient (Wildman–Crippen LogP) is 2.53. The molecule has 1 aromatic carbocycles. The monoisotopic (exact) mass is 367 g/mol. The van der Waals surface area contributed by atoms with Crippen LogP contribution in [0, 0.1) is 5.92 Å². The number of aliphatic imine (C=N–C) groups is 1.